The third kappa shape index (κ3) is 2.11. The molecule has 3 rings (SSSR count). The Kier molecular flexibility index (Phi) is 2.92. The first-order chi connectivity index (χ1) is 8.24. The molecule has 1 fully saturated rings. The van der Waals surface area contributed by atoms with Gasteiger partial charge in [-0.15, -0.1) is 0 Å². The highest BCUT2D eigenvalue weighted by atomic mass is 79.9. The Labute approximate surface area is 109 Å². The van der Waals surface area contributed by atoms with Crippen molar-refractivity contribution in [2.45, 2.75) is 18.8 Å². The van der Waals surface area contributed by atoms with Crippen LogP contribution in [0, 0.1) is 0 Å². The van der Waals surface area contributed by atoms with E-state index in [1.807, 2.05) is 12.3 Å². The van der Waals surface area contributed by atoms with Crippen LogP contribution in [0.15, 0.2) is 23.1 Å². The predicted octanol–water partition coefficient (Wildman–Crippen LogP) is 3.13. The lowest BCUT2D eigenvalue weighted by atomic mass is 9.90. The lowest BCUT2D eigenvalue weighted by Gasteiger charge is -2.28. The fourth-order valence-electron chi connectivity index (χ4n) is 2.67. The molecule has 4 heteroatoms. The summed E-state index contributed by atoms with van der Waals surface area (Å²) in [6, 6.07) is 2.05. The van der Waals surface area contributed by atoms with Crippen LogP contribution in [0.5, 0.6) is 0 Å². The number of aromatic amines is 1. The Bertz CT molecular complexity index is 526. The zero-order chi connectivity index (χ0) is 11.8. The van der Waals surface area contributed by atoms with Crippen LogP contribution in [0.3, 0.4) is 0 Å². The van der Waals surface area contributed by atoms with Gasteiger partial charge in [0.05, 0.1) is 0 Å². The van der Waals surface area contributed by atoms with E-state index in [-0.39, 0.29) is 0 Å². The van der Waals surface area contributed by atoms with Gasteiger partial charge in [-0.05, 0) is 66.5 Å². The molecule has 0 aliphatic carbocycles. The summed E-state index contributed by atoms with van der Waals surface area (Å²) >= 11 is 3.41. The van der Waals surface area contributed by atoms with Crippen LogP contribution in [-0.2, 0) is 0 Å². The number of pyridine rings is 1. The van der Waals surface area contributed by atoms with E-state index >= 15 is 0 Å². The lowest BCUT2D eigenvalue weighted by molar-refractivity contribution is 0.256. The molecular weight excluding hydrogens is 278 g/mol. The second-order valence-corrected chi connectivity index (χ2v) is 5.69. The van der Waals surface area contributed by atoms with Gasteiger partial charge in [-0.1, -0.05) is 0 Å². The quantitative estimate of drug-likeness (QED) is 0.819. The maximum Gasteiger partial charge on any atom is 0.108 e. The summed E-state index contributed by atoms with van der Waals surface area (Å²) in [7, 11) is 2.20. The van der Waals surface area contributed by atoms with E-state index in [1.54, 1.807) is 0 Å². The van der Waals surface area contributed by atoms with Crippen LogP contribution in [0.1, 0.15) is 24.3 Å². The number of hydrogen-bond donors (Lipinski definition) is 1. The largest absolute Gasteiger partial charge is 0.361 e. The highest BCUT2D eigenvalue weighted by molar-refractivity contribution is 9.10. The van der Waals surface area contributed by atoms with Crippen LogP contribution in [0.25, 0.3) is 10.9 Å². The molecule has 0 amide bonds. The van der Waals surface area contributed by atoms with Crippen LogP contribution in [0.4, 0.5) is 0 Å². The topological polar surface area (TPSA) is 31.9 Å². The summed E-state index contributed by atoms with van der Waals surface area (Å²) in [5.74, 6) is 0.683. The number of nitrogens with one attached hydrogen (secondary N) is 1. The van der Waals surface area contributed by atoms with Gasteiger partial charge in [0.25, 0.3) is 0 Å². The highest BCUT2D eigenvalue weighted by Gasteiger charge is 2.21. The average Bonchev–Trinajstić information content (AvgIpc) is 2.73. The molecule has 0 spiro atoms. The van der Waals surface area contributed by atoms with Gasteiger partial charge in [-0.3, -0.25) is 0 Å². The Morgan fingerprint density at radius 3 is 2.94 bits per heavy atom. The molecule has 90 valence electrons. The molecule has 0 saturated carbocycles. The maximum absolute atomic E-state index is 4.34. The normalized spacial score (nSPS) is 18.9. The second kappa shape index (κ2) is 4.42. The van der Waals surface area contributed by atoms with E-state index in [1.165, 1.54) is 42.4 Å². The molecule has 3 nitrogen and oxygen atoms in total. The van der Waals surface area contributed by atoms with Crippen molar-refractivity contribution in [3.8, 4) is 0 Å². The van der Waals surface area contributed by atoms with Crippen LogP contribution < -0.4 is 0 Å². The van der Waals surface area contributed by atoms with Crippen LogP contribution >= 0.6 is 15.9 Å². The van der Waals surface area contributed by atoms with Gasteiger partial charge in [-0.25, -0.2) is 4.98 Å². The fraction of sp³-hybridized carbons (Fsp3) is 0.462. The number of aromatic nitrogens is 2. The van der Waals surface area contributed by atoms with Gasteiger partial charge in [0.15, 0.2) is 0 Å². The van der Waals surface area contributed by atoms with Gasteiger partial charge >= 0.3 is 0 Å². The number of nitrogens with zero attached hydrogens (tertiary/aromatic N) is 2. The van der Waals surface area contributed by atoms with Crippen LogP contribution in [0.2, 0.25) is 0 Å². The monoisotopic (exact) mass is 293 g/mol. The Hall–Kier alpha value is -0.870. The number of likely N-dealkylation sites (tertiary alicyclic amines) is 1. The van der Waals surface area contributed by atoms with E-state index in [2.05, 4.69) is 44.0 Å². The zero-order valence-corrected chi connectivity index (χ0v) is 11.5. The molecule has 1 aliphatic rings. The summed E-state index contributed by atoms with van der Waals surface area (Å²) in [5.41, 5.74) is 2.62. The van der Waals surface area contributed by atoms with Gasteiger partial charge in [0.2, 0.25) is 0 Å². The smallest absolute Gasteiger partial charge is 0.108 e. The van der Waals surface area contributed by atoms with Crippen molar-refractivity contribution in [3.05, 3.63) is 28.6 Å². The Balaban J connectivity index is 1.95. The van der Waals surface area contributed by atoms with Crippen molar-refractivity contribution in [2.24, 2.45) is 0 Å². The van der Waals surface area contributed by atoms with Crippen molar-refractivity contribution in [3.63, 3.8) is 0 Å². The molecule has 17 heavy (non-hydrogen) atoms. The van der Waals surface area contributed by atoms with Gasteiger partial charge in [-0.2, -0.15) is 0 Å². The molecule has 2 aromatic rings. The first-order valence-electron chi connectivity index (χ1n) is 6.05. The summed E-state index contributed by atoms with van der Waals surface area (Å²) < 4.78 is 0.891. The van der Waals surface area contributed by atoms with E-state index in [9.17, 15) is 0 Å². The third-order valence-corrected chi connectivity index (χ3v) is 4.16. The van der Waals surface area contributed by atoms with E-state index in [0.29, 0.717) is 5.92 Å². The maximum atomic E-state index is 4.34. The van der Waals surface area contributed by atoms with Crippen LogP contribution in [-0.4, -0.2) is 35.0 Å². The van der Waals surface area contributed by atoms with E-state index in [4.69, 9.17) is 0 Å². The molecule has 3 heterocycles. The fourth-order valence-corrected chi connectivity index (χ4v) is 3.00. The summed E-state index contributed by atoms with van der Waals surface area (Å²) in [4.78, 5) is 10.1. The van der Waals surface area contributed by atoms with E-state index in [0.717, 1.165) is 4.60 Å². The lowest BCUT2D eigenvalue weighted by Crippen LogP contribution is -2.29. The minimum Gasteiger partial charge on any atom is -0.361 e. The number of fused-ring (bicyclic) bond motifs is 1. The van der Waals surface area contributed by atoms with Crippen molar-refractivity contribution in [2.75, 3.05) is 20.1 Å². The number of hydrogen-bond acceptors (Lipinski definition) is 2. The van der Waals surface area contributed by atoms with Crippen molar-refractivity contribution < 1.29 is 0 Å². The molecule has 2 aromatic heterocycles. The molecule has 0 aromatic carbocycles. The minimum atomic E-state index is 0.683. The standard InChI is InChI=1S/C13H16BrN3/c1-17-4-2-9(3-5-17)10-7-15-12-6-13(14)16-8-11(10)12/h6-9,15H,2-5H2,1H3. The summed E-state index contributed by atoms with van der Waals surface area (Å²) in [6.07, 6.45) is 6.64. The van der Waals surface area contributed by atoms with E-state index < -0.39 is 0 Å². The first kappa shape index (κ1) is 11.2. The number of rotatable bonds is 1. The second-order valence-electron chi connectivity index (χ2n) is 4.87. The van der Waals surface area contributed by atoms with Gasteiger partial charge in [0, 0.05) is 23.3 Å². The number of halogens is 1. The molecule has 1 aliphatic heterocycles. The molecule has 0 bridgehead atoms. The van der Waals surface area contributed by atoms with Crippen molar-refractivity contribution in [1.29, 1.82) is 0 Å². The van der Waals surface area contributed by atoms with Crippen molar-refractivity contribution in [1.82, 2.24) is 14.9 Å². The summed E-state index contributed by atoms with van der Waals surface area (Å²) in [6.45, 7) is 2.39. The molecule has 0 radical (unpaired) electrons. The zero-order valence-electron chi connectivity index (χ0n) is 9.91. The Morgan fingerprint density at radius 2 is 2.18 bits per heavy atom. The minimum absolute atomic E-state index is 0.683. The first-order valence-corrected chi connectivity index (χ1v) is 6.84. The van der Waals surface area contributed by atoms with Crippen molar-refractivity contribution >= 4 is 26.8 Å². The molecule has 1 saturated heterocycles. The van der Waals surface area contributed by atoms with Gasteiger partial charge in [0.1, 0.15) is 4.60 Å². The summed E-state index contributed by atoms with van der Waals surface area (Å²) in [5, 5.41) is 1.28. The number of piperidine rings is 1. The SMILES string of the molecule is CN1CCC(c2c[nH]c3cc(Br)ncc23)CC1. The molecular formula is C13H16BrN3. The Morgan fingerprint density at radius 1 is 1.41 bits per heavy atom. The number of H-pyrrole nitrogens is 1. The predicted molar refractivity (Wildman–Crippen MR) is 73.3 cm³/mol. The molecule has 0 atom stereocenters. The third-order valence-electron chi connectivity index (χ3n) is 3.72. The molecule has 0 unspecified atom stereocenters. The highest BCUT2D eigenvalue weighted by Crippen LogP contribution is 2.32. The average molecular weight is 294 g/mol. The van der Waals surface area contributed by atoms with Gasteiger partial charge < -0.3 is 9.88 Å². The molecule has 1 N–H and O–H groups in total.